The molecule has 0 saturated carbocycles. The molecule has 0 bridgehead atoms. The quantitative estimate of drug-likeness (QED) is 0.878. The summed E-state index contributed by atoms with van der Waals surface area (Å²) >= 11 is 0. The number of pyridine rings is 1. The Labute approximate surface area is 106 Å². The van der Waals surface area contributed by atoms with Crippen molar-refractivity contribution in [2.75, 3.05) is 7.05 Å². The lowest BCUT2D eigenvalue weighted by Crippen LogP contribution is -2.15. The van der Waals surface area contributed by atoms with Crippen LogP contribution in [-0.4, -0.2) is 12.0 Å². The van der Waals surface area contributed by atoms with Crippen molar-refractivity contribution >= 4 is 10.9 Å². The van der Waals surface area contributed by atoms with Crippen LogP contribution in [0.4, 0.5) is 4.39 Å². The number of benzene rings is 1. The molecule has 3 rings (SSSR count). The molecule has 0 radical (unpaired) electrons. The summed E-state index contributed by atoms with van der Waals surface area (Å²) < 4.78 is 13.9. The average molecular weight is 244 g/mol. The van der Waals surface area contributed by atoms with Crippen molar-refractivity contribution in [3.63, 3.8) is 0 Å². The Morgan fingerprint density at radius 1 is 1.28 bits per heavy atom. The van der Waals surface area contributed by atoms with Crippen LogP contribution in [0.15, 0.2) is 18.2 Å². The first-order valence-corrected chi connectivity index (χ1v) is 6.54. The van der Waals surface area contributed by atoms with E-state index in [1.54, 1.807) is 6.07 Å². The fraction of sp³-hybridized carbons (Fsp3) is 0.400. The molecule has 18 heavy (non-hydrogen) atoms. The zero-order valence-electron chi connectivity index (χ0n) is 10.6. The van der Waals surface area contributed by atoms with Gasteiger partial charge in [0.05, 0.1) is 0 Å². The Bertz CT molecular complexity index is 593. The van der Waals surface area contributed by atoms with Crippen LogP contribution in [0.5, 0.6) is 0 Å². The van der Waals surface area contributed by atoms with Crippen LogP contribution in [0, 0.1) is 5.82 Å². The van der Waals surface area contributed by atoms with Crippen LogP contribution >= 0.6 is 0 Å². The van der Waals surface area contributed by atoms with E-state index < -0.39 is 0 Å². The molecule has 2 nitrogen and oxygen atoms in total. The van der Waals surface area contributed by atoms with E-state index in [0.29, 0.717) is 5.52 Å². The highest BCUT2D eigenvalue weighted by Crippen LogP contribution is 2.30. The zero-order chi connectivity index (χ0) is 12.5. The van der Waals surface area contributed by atoms with E-state index in [0.717, 1.165) is 30.5 Å². The Kier molecular flexibility index (Phi) is 3.00. The van der Waals surface area contributed by atoms with E-state index in [1.807, 2.05) is 13.1 Å². The van der Waals surface area contributed by atoms with Gasteiger partial charge in [-0.3, -0.25) is 0 Å². The van der Waals surface area contributed by atoms with Gasteiger partial charge in [0.15, 0.2) is 0 Å². The molecule has 0 atom stereocenters. The van der Waals surface area contributed by atoms with Gasteiger partial charge in [-0.05, 0) is 49.9 Å². The molecule has 94 valence electrons. The number of hydrogen-bond donors (Lipinski definition) is 1. The lowest BCUT2D eigenvalue weighted by Gasteiger charge is -2.20. The second-order valence-corrected chi connectivity index (χ2v) is 4.89. The molecule has 1 N–H and O–H groups in total. The summed E-state index contributed by atoms with van der Waals surface area (Å²) in [5.41, 5.74) is 4.21. The highest BCUT2D eigenvalue weighted by Gasteiger charge is 2.18. The summed E-state index contributed by atoms with van der Waals surface area (Å²) in [6.45, 7) is 0.783. The fourth-order valence-corrected chi connectivity index (χ4v) is 2.89. The monoisotopic (exact) mass is 244 g/mol. The molecule has 3 heteroatoms. The highest BCUT2D eigenvalue weighted by molar-refractivity contribution is 5.84. The Morgan fingerprint density at radius 2 is 2.11 bits per heavy atom. The van der Waals surface area contributed by atoms with Crippen LogP contribution in [0.25, 0.3) is 10.9 Å². The number of nitrogens with one attached hydrogen (secondary N) is 1. The van der Waals surface area contributed by atoms with Crippen LogP contribution in [-0.2, 0) is 19.4 Å². The molecule has 1 heterocycles. The molecular weight excluding hydrogens is 227 g/mol. The largest absolute Gasteiger partial charge is 0.316 e. The summed E-state index contributed by atoms with van der Waals surface area (Å²) in [5, 5.41) is 4.16. The van der Waals surface area contributed by atoms with Crippen LogP contribution in [0.2, 0.25) is 0 Å². The summed E-state index contributed by atoms with van der Waals surface area (Å²) in [6.07, 6.45) is 4.44. The third kappa shape index (κ3) is 1.79. The summed E-state index contributed by atoms with van der Waals surface area (Å²) in [4.78, 5) is 4.56. The summed E-state index contributed by atoms with van der Waals surface area (Å²) in [7, 11) is 1.93. The van der Waals surface area contributed by atoms with Gasteiger partial charge in [0.2, 0.25) is 0 Å². The van der Waals surface area contributed by atoms with Gasteiger partial charge in [-0.2, -0.15) is 0 Å². The lowest BCUT2D eigenvalue weighted by molar-refractivity contribution is 0.629. The summed E-state index contributed by atoms with van der Waals surface area (Å²) in [6, 6.07) is 5.24. The number of halogens is 1. The van der Waals surface area contributed by atoms with E-state index in [4.69, 9.17) is 0 Å². The Morgan fingerprint density at radius 3 is 2.94 bits per heavy atom. The molecule has 0 amide bonds. The third-order valence-electron chi connectivity index (χ3n) is 3.72. The van der Waals surface area contributed by atoms with Gasteiger partial charge in [-0.1, -0.05) is 12.1 Å². The summed E-state index contributed by atoms with van der Waals surface area (Å²) in [5.74, 6) is -0.210. The molecule has 0 fully saturated rings. The van der Waals surface area contributed by atoms with Gasteiger partial charge in [-0.15, -0.1) is 0 Å². The zero-order valence-corrected chi connectivity index (χ0v) is 10.6. The maximum Gasteiger partial charge on any atom is 0.149 e. The minimum atomic E-state index is -0.210. The number of aryl methyl sites for hydroxylation is 1. The number of rotatable bonds is 2. The second-order valence-electron chi connectivity index (χ2n) is 4.89. The van der Waals surface area contributed by atoms with Crippen molar-refractivity contribution in [2.45, 2.75) is 32.2 Å². The molecule has 0 saturated heterocycles. The molecular formula is C15H17FN2. The number of hydrogen-bond acceptors (Lipinski definition) is 2. The fourth-order valence-electron chi connectivity index (χ4n) is 2.89. The van der Waals surface area contributed by atoms with E-state index in [9.17, 15) is 4.39 Å². The first-order chi connectivity index (χ1) is 8.81. The van der Waals surface area contributed by atoms with E-state index in [-0.39, 0.29) is 5.82 Å². The maximum absolute atomic E-state index is 13.9. The molecule has 0 aliphatic heterocycles. The van der Waals surface area contributed by atoms with Gasteiger partial charge < -0.3 is 5.32 Å². The van der Waals surface area contributed by atoms with E-state index in [2.05, 4.69) is 10.3 Å². The molecule has 1 aromatic carbocycles. The standard InChI is InChI=1S/C15H17FN2/c1-17-9-12-10-5-2-3-8-14(10)18-15-11(12)6-4-7-13(15)16/h4,6-7,17H,2-3,5,8-9H2,1H3. The van der Waals surface area contributed by atoms with Crippen molar-refractivity contribution in [1.82, 2.24) is 10.3 Å². The molecule has 0 unspecified atom stereocenters. The lowest BCUT2D eigenvalue weighted by atomic mass is 9.90. The van der Waals surface area contributed by atoms with Gasteiger partial charge in [0.25, 0.3) is 0 Å². The average Bonchev–Trinajstić information content (AvgIpc) is 2.40. The second kappa shape index (κ2) is 4.65. The third-order valence-corrected chi connectivity index (χ3v) is 3.72. The van der Waals surface area contributed by atoms with Crippen LogP contribution in [0.3, 0.4) is 0 Å². The molecule has 1 aromatic heterocycles. The van der Waals surface area contributed by atoms with E-state index >= 15 is 0 Å². The number of fused-ring (bicyclic) bond motifs is 2. The Hall–Kier alpha value is -1.48. The maximum atomic E-state index is 13.9. The van der Waals surface area contributed by atoms with Gasteiger partial charge >= 0.3 is 0 Å². The minimum absolute atomic E-state index is 0.210. The predicted molar refractivity (Wildman–Crippen MR) is 71.1 cm³/mol. The first-order valence-electron chi connectivity index (χ1n) is 6.54. The first kappa shape index (κ1) is 11.6. The van der Waals surface area contributed by atoms with E-state index in [1.165, 1.54) is 30.0 Å². The molecule has 1 aliphatic carbocycles. The van der Waals surface area contributed by atoms with Crippen LogP contribution < -0.4 is 5.32 Å². The van der Waals surface area contributed by atoms with Gasteiger partial charge in [0.1, 0.15) is 11.3 Å². The SMILES string of the molecule is CNCc1c2c(nc3c(F)cccc13)CCCC2. The predicted octanol–water partition coefficient (Wildman–Crippen LogP) is 2.97. The molecule has 0 spiro atoms. The Balaban J connectivity index is 2.33. The van der Waals surface area contributed by atoms with Gasteiger partial charge in [-0.25, -0.2) is 9.37 Å². The van der Waals surface area contributed by atoms with Crippen molar-refractivity contribution in [3.8, 4) is 0 Å². The van der Waals surface area contributed by atoms with Crippen molar-refractivity contribution in [3.05, 3.63) is 40.8 Å². The number of nitrogens with zero attached hydrogens (tertiary/aromatic N) is 1. The highest BCUT2D eigenvalue weighted by atomic mass is 19.1. The van der Waals surface area contributed by atoms with Crippen molar-refractivity contribution < 1.29 is 4.39 Å². The number of aromatic nitrogens is 1. The normalized spacial score (nSPS) is 14.8. The number of para-hydroxylation sites is 1. The minimum Gasteiger partial charge on any atom is -0.316 e. The topological polar surface area (TPSA) is 24.9 Å². The van der Waals surface area contributed by atoms with Gasteiger partial charge in [0, 0.05) is 17.6 Å². The smallest absolute Gasteiger partial charge is 0.149 e. The van der Waals surface area contributed by atoms with Crippen molar-refractivity contribution in [2.24, 2.45) is 0 Å². The molecule has 1 aliphatic rings. The van der Waals surface area contributed by atoms with Crippen LogP contribution in [0.1, 0.15) is 29.7 Å². The molecule has 2 aromatic rings. The van der Waals surface area contributed by atoms with Crippen molar-refractivity contribution in [1.29, 1.82) is 0 Å².